The Kier molecular flexibility index (Phi) is 4.99. The Labute approximate surface area is 121 Å². The first-order chi connectivity index (χ1) is 9.63. The Morgan fingerprint density at radius 3 is 2.65 bits per heavy atom. The molecule has 2 aromatic carbocycles. The molecule has 0 aliphatic rings. The quantitative estimate of drug-likeness (QED) is 0.627. The fourth-order valence-corrected chi connectivity index (χ4v) is 2.67. The van der Waals surface area contributed by atoms with Crippen molar-refractivity contribution in [2.75, 3.05) is 7.11 Å². The average Bonchev–Trinajstić information content (AvgIpc) is 2.45. The highest BCUT2D eigenvalue weighted by molar-refractivity contribution is 5.87. The number of hydrogen-bond donors (Lipinski definition) is 2. The van der Waals surface area contributed by atoms with Gasteiger partial charge in [-0.3, -0.25) is 11.3 Å². The van der Waals surface area contributed by atoms with Crippen LogP contribution in [0.5, 0.6) is 5.75 Å². The summed E-state index contributed by atoms with van der Waals surface area (Å²) in [6, 6.07) is 12.9. The summed E-state index contributed by atoms with van der Waals surface area (Å²) in [5, 5.41) is 2.49. The molecule has 0 saturated heterocycles. The van der Waals surface area contributed by atoms with E-state index in [1.165, 1.54) is 16.3 Å². The van der Waals surface area contributed by atoms with Crippen LogP contribution < -0.4 is 16.0 Å². The number of ether oxygens (including phenoxy) is 1. The Balaban J connectivity index is 2.32. The van der Waals surface area contributed by atoms with Crippen LogP contribution in [0.3, 0.4) is 0 Å². The second kappa shape index (κ2) is 6.73. The number of hydrazine groups is 1. The van der Waals surface area contributed by atoms with Crippen LogP contribution in [-0.2, 0) is 6.42 Å². The smallest absolute Gasteiger partial charge is 0.119 e. The van der Waals surface area contributed by atoms with Gasteiger partial charge < -0.3 is 4.74 Å². The molecule has 0 saturated carbocycles. The highest BCUT2D eigenvalue weighted by atomic mass is 16.5. The predicted molar refractivity (Wildman–Crippen MR) is 84.8 cm³/mol. The third-order valence-corrected chi connectivity index (χ3v) is 3.64. The predicted octanol–water partition coefficient (Wildman–Crippen LogP) is 3.27. The fraction of sp³-hybridized carbons (Fsp3) is 0.412. The molecule has 0 aliphatic heterocycles. The van der Waals surface area contributed by atoms with E-state index in [0.29, 0.717) is 12.0 Å². The van der Waals surface area contributed by atoms with Gasteiger partial charge in [0.05, 0.1) is 7.11 Å². The van der Waals surface area contributed by atoms with E-state index in [2.05, 4.69) is 49.6 Å². The summed E-state index contributed by atoms with van der Waals surface area (Å²) in [6.45, 7) is 4.44. The van der Waals surface area contributed by atoms with Crippen LogP contribution >= 0.6 is 0 Å². The molecule has 0 fully saturated rings. The van der Waals surface area contributed by atoms with Crippen molar-refractivity contribution in [2.45, 2.75) is 32.7 Å². The van der Waals surface area contributed by atoms with Crippen molar-refractivity contribution in [3.8, 4) is 5.75 Å². The molecule has 3 N–H and O–H groups in total. The molecule has 3 heteroatoms. The molecule has 0 heterocycles. The average molecular weight is 272 g/mol. The van der Waals surface area contributed by atoms with Crippen molar-refractivity contribution in [2.24, 2.45) is 11.8 Å². The number of hydrogen-bond acceptors (Lipinski definition) is 3. The minimum Gasteiger partial charge on any atom is -0.497 e. The maximum Gasteiger partial charge on any atom is 0.119 e. The zero-order valence-corrected chi connectivity index (χ0v) is 12.5. The van der Waals surface area contributed by atoms with Crippen LogP contribution in [0.4, 0.5) is 0 Å². The highest BCUT2D eigenvalue weighted by Gasteiger charge is 2.12. The standard InChI is InChI=1S/C17H24N2O/c1-12(2)9-15(19-18)10-14-6-4-5-13-7-8-16(20-3)11-17(13)14/h4-8,11-12,15,19H,9-10,18H2,1-3H3. The summed E-state index contributed by atoms with van der Waals surface area (Å²) in [4.78, 5) is 0. The lowest BCUT2D eigenvalue weighted by atomic mass is 9.94. The van der Waals surface area contributed by atoms with Gasteiger partial charge in [-0.1, -0.05) is 38.1 Å². The van der Waals surface area contributed by atoms with Gasteiger partial charge in [0.25, 0.3) is 0 Å². The molecular weight excluding hydrogens is 248 g/mol. The Bertz CT molecular complexity index is 566. The second-order valence-corrected chi connectivity index (χ2v) is 5.70. The first-order valence-corrected chi connectivity index (χ1v) is 7.15. The number of rotatable bonds is 6. The molecule has 20 heavy (non-hydrogen) atoms. The van der Waals surface area contributed by atoms with Crippen LogP contribution in [0.25, 0.3) is 10.8 Å². The molecule has 1 atom stereocenters. The summed E-state index contributed by atoms with van der Waals surface area (Å²) in [5.74, 6) is 7.21. The maximum atomic E-state index is 5.69. The summed E-state index contributed by atoms with van der Waals surface area (Å²) < 4.78 is 5.33. The van der Waals surface area contributed by atoms with E-state index < -0.39 is 0 Å². The molecule has 0 bridgehead atoms. The minimum atomic E-state index is 0.298. The minimum absolute atomic E-state index is 0.298. The van der Waals surface area contributed by atoms with E-state index in [1.54, 1.807) is 7.11 Å². The zero-order chi connectivity index (χ0) is 14.5. The number of nitrogens with two attached hydrogens (primary N) is 1. The monoisotopic (exact) mass is 272 g/mol. The Morgan fingerprint density at radius 2 is 2.00 bits per heavy atom. The second-order valence-electron chi connectivity index (χ2n) is 5.70. The summed E-state index contributed by atoms with van der Waals surface area (Å²) in [5.41, 5.74) is 4.25. The van der Waals surface area contributed by atoms with Gasteiger partial charge in [-0.25, -0.2) is 0 Å². The van der Waals surface area contributed by atoms with Gasteiger partial charge in [0, 0.05) is 6.04 Å². The van der Waals surface area contributed by atoms with E-state index in [1.807, 2.05) is 6.07 Å². The van der Waals surface area contributed by atoms with Gasteiger partial charge in [-0.05, 0) is 47.2 Å². The molecule has 0 spiro atoms. The molecule has 3 nitrogen and oxygen atoms in total. The van der Waals surface area contributed by atoms with Gasteiger partial charge >= 0.3 is 0 Å². The summed E-state index contributed by atoms with van der Waals surface area (Å²) in [6.07, 6.45) is 2.00. The van der Waals surface area contributed by atoms with Crippen LogP contribution in [0.2, 0.25) is 0 Å². The zero-order valence-electron chi connectivity index (χ0n) is 12.5. The first kappa shape index (κ1) is 14.8. The van der Waals surface area contributed by atoms with Crippen molar-refractivity contribution in [3.05, 3.63) is 42.0 Å². The van der Waals surface area contributed by atoms with Crippen LogP contribution in [0.1, 0.15) is 25.8 Å². The SMILES string of the molecule is COc1ccc2cccc(CC(CC(C)C)NN)c2c1. The van der Waals surface area contributed by atoms with Crippen LogP contribution in [0, 0.1) is 5.92 Å². The lowest BCUT2D eigenvalue weighted by molar-refractivity contribution is 0.415. The van der Waals surface area contributed by atoms with Crippen molar-refractivity contribution in [3.63, 3.8) is 0 Å². The van der Waals surface area contributed by atoms with Crippen LogP contribution in [0.15, 0.2) is 36.4 Å². The van der Waals surface area contributed by atoms with E-state index in [-0.39, 0.29) is 0 Å². The maximum absolute atomic E-state index is 5.69. The molecule has 2 rings (SSSR count). The number of benzene rings is 2. The third kappa shape index (κ3) is 3.50. The largest absolute Gasteiger partial charge is 0.497 e. The lowest BCUT2D eigenvalue weighted by Crippen LogP contribution is -2.37. The Morgan fingerprint density at radius 1 is 1.20 bits per heavy atom. The normalized spacial score (nSPS) is 12.8. The van der Waals surface area contributed by atoms with E-state index >= 15 is 0 Å². The molecule has 108 valence electrons. The van der Waals surface area contributed by atoms with Gasteiger partial charge in [0.2, 0.25) is 0 Å². The molecule has 0 aromatic heterocycles. The lowest BCUT2D eigenvalue weighted by Gasteiger charge is -2.19. The van der Waals surface area contributed by atoms with Gasteiger partial charge in [0.15, 0.2) is 0 Å². The van der Waals surface area contributed by atoms with E-state index in [0.717, 1.165) is 18.6 Å². The molecular formula is C17H24N2O. The molecule has 0 amide bonds. The molecule has 0 aliphatic carbocycles. The summed E-state index contributed by atoms with van der Waals surface area (Å²) in [7, 11) is 1.70. The van der Waals surface area contributed by atoms with Crippen molar-refractivity contribution < 1.29 is 4.74 Å². The van der Waals surface area contributed by atoms with Gasteiger partial charge in [-0.15, -0.1) is 0 Å². The Hall–Kier alpha value is -1.58. The van der Waals surface area contributed by atoms with Crippen molar-refractivity contribution in [1.29, 1.82) is 0 Å². The topological polar surface area (TPSA) is 47.3 Å². The van der Waals surface area contributed by atoms with Gasteiger partial charge in [0.1, 0.15) is 5.75 Å². The fourth-order valence-electron chi connectivity index (χ4n) is 2.67. The number of fused-ring (bicyclic) bond motifs is 1. The highest BCUT2D eigenvalue weighted by Crippen LogP contribution is 2.25. The molecule has 1 unspecified atom stereocenters. The molecule has 2 aromatic rings. The van der Waals surface area contributed by atoms with E-state index in [4.69, 9.17) is 10.6 Å². The van der Waals surface area contributed by atoms with E-state index in [9.17, 15) is 0 Å². The summed E-state index contributed by atoms with van der Waals surface area (Å²) >= 11 is 0. The van der Waals surface area contributed by atoms with Crippen molar-refractivity contribution in [1.82, 2.24) is 5.43 Å². The van der Waals surface area contributed by atoms with Gasteiger partial charge in [-0.2, -0.15) is 0 Å². The third-order valence-electron chi connectivity index (χ3n) is 3.64. The molecule has 0 radical (unpaired) electrons. The number of methoxy groups -OCH3 is 1. The van der Waals surface area contributed by atoms with Crippen molar-refractivity contribution >= 4 is 10.8 Å². The first-order valence-electron chi connectivity index (χ1n) is 7.15. The van der Waals surface area contributed by atoms with Crippen LogP contribution in [-0.4, -0.2) is 13.2 Å². The number of nitrogens with one attached hydrogen (secondary N) is 1.